The first-order chi connectivity index (χ1) is 12.7. The highest BCUT2D eigenvalue weighted by Crippen LogP contribution is 2.28. The fraction of sp³-hybridized carbons (Fsp3) is 0.0455. The molecule has 0 saturated heterocycles. The molecule has 128 valence electrons. The lowest BCUT2D eigenvalue weighted by Crippen LogP contribution is -2.10. The molecule has 0 fully saturated rings. The predicted molar refractivity (Wildman–Crippen MR) is 107 cm³/mol. The lowest BCUT2D eigenvalue weighted by molar-refractivity contribution is 0.415. The minimum absolute atomic E-state index is 0.0499. The number of nitrogens with zero attached hydrogens (tertiary/aromatic N) is 1. The molecule has 4 heteroatoms. The summed E-state index contributed by atoms with van der Waals surface area (Å²) in [6, 6.07) is 24.7. The van der Waals surface area contributed by atoms with Crippen LogP contribution in [0.2, 0.25) is 5.02 Å². The predicted octanol–water partition coefficient (Wildman–Crippen LogP) is 5.32. The van der Waals surface area contributed by atoms with Crippen LogP contribution in [0, 0.1) is 0 Å². The van der Waals surface area contributed by atoms with Gasteiger partial charge < -0.3 is 9.30 Å². The zero-order chi connectivity index (χ0) is 18.1. The van der Waals surface area contributed by atoms with Crippen molar-refractivity contribution in [2.24, 2.45) is 0 Å². The van der Waals surface area contributed by atoms with Crippen molar-refractivity contribution in [3.05, 3.63) is 94.1 Å². The molecule has 0 aliphatic carbocycles. The largest absolute Gasteiger partial charge is 0.497 e. The van der Waals surface area contributed by atoms with Crippen molar-refractivity contribution >= 4 is 22.5 Å². The number of hydrogen-bond donors (Lipinski definition) is 0. The Kier molecular flexibility index (Phi) is 4.23. The summed E-state index contributed by atoms with van der Waals surface area (Å²) in [6.07, 6.45) is 0. The first-order valence-electron chi connectivity index (χ1n) is 8.22. The van der Waals surface area contributed by atoms with Gasteiger partial charge in [0.25, 0.3) is 0 Å². The van der Waals surface area contributed by atoms with Gasteiger partial charge >= 0.3 is 0 Å². The summed E-state index contributed by atoms with van der Waals surface area (Å²) in [7, 11) is 1.64. The van der Waals surface area contributed by atoms with Crippen LogP contribution in [-0.4, -0.2) is 11.7 Å². The number of aromatic nitrogens is 1. The Morgan fingerprint density at radius 1 is 0.885 bits per heavy atom. The molecular formula is C22H16ClNO2. The summed E-state index contributed by atoms with van der Waals surface area (Å²) in [5.74, 6) is 0.781. The summed E-state index contributed by atoms with van der Waals surface area (Å²) < 4.78 is 7.34. The van der Waals surface area contributed by atoms with Gasteiger partial charge in [0.05, 0.1) is 18.3 Å². The Labute approximate surface area is 156 Å². The van der Waals surface area contributed by atoms with Gasteiger partial charge in [-0.2, -0.15) is 0 Å². The average molecular weight is 362 g/mol. The van der Waals surface area contributed by atoms with Crippen LogP contribution in [0.3, 0.4) is 0 Å². The third-order valence-corrected chi connectivity index (χ3v) is 4.61. The molecule has 4 aromatic rings. The molecule has 0 unspecified atom stereocenters. The maximum Gasteiger partial charge on any atom is 0.190 e. The Balaban J connectivity index is 2.09. The van der Waals surface area contributed by atoms with Gasteiger partial charge in [0, 0.05) is 22.2 Å². The summed E-state index contributed by atoms with van der Waals surface area (Å²) in [5.41, 5.74) is 3.50. The first-order valence-corrected chi connectivity index (χ1v) is 8.60. The van der Waals surface area contributed by atoms with E-state index in [2.05, 4.69) is 4.57 Å². The van der Waals surface area contributed by atoms with Gasteiger partial charge in [-0.3, -0.25) is 4.79 Å². The number of fused-ring (bicyclic) bond motifs is 1. The highest BCUT2D eigenvalue weighted by molar-refractivity contribution is 6.31. The molecule has 0 bridgehead atoms. The molecule has 26 heavy (non-hydrogen) atoms. The van der Waals surface area contributed by atoms with E-state index in [9.17, 15) is 4.79 Å². The number of methoxy groups -OCH3 is 1. The fourth-order valence-electron chi connectivity index (χ4n) is 3.13. The van der Waals surface area contributed by atoms with E-state index in [1.807, 2.05) is 60.7 Å². The molecule has 3 aromatic carbocycles. The van der Waals surface area contributed by atoms with Crippen LogP contribution in [0.15, 0.2) is 83.7 Å². The van der Waals surface area contributed by atoms with E-state index >= 15 is 0 Å². The highest BCUT2D eigenvalue weighted by atomic mass is 35.5. The average Bonchev–Trinajstić information content (AvgIpc) is 2.69. The zero-order valence-electron chi connectivity index (χ0n) is 14.1. The second kappa shape index (κ2) is 6.70. The Hall–Kier alpha value is -3.04. The molecule has 0 saturated carbocycles. The van der Waals surface area contributed by atoms with Crippen molar-refractivity contribution in [2.45, 2.75) is 0 Å². The number of benzene rings is 3. The molecule has 3 nitrogen and oxygen atoms in total. The minimum atomic E-state index is -0.0499. The van der Waals surface area contributed by atoms with Crippen molar-refractivity contribution in [3.63, 3.8) is 0 Å². The molecule has 4 rings (SSSR count). The van der Waals surface area contributed by atoms with Crippen molar-refractivity contribution < 1.29 is 4.74 Å². The normalized spacial score (nSPS) is 10.8. The summed E-state index contributed by atoms with van der Waals surface area (Å²) in [6.45, 7) is 0. The second-order valence-corrected chi connectivity index (χ2v) is 6.39. The van der Waals surface area contributed by atoms with Gasteiger partial charge in [-0.05, 0) is 48.0 Å². The van der Waals surface area contributed by atoms with Crippen LogP contribution in [-0.2, 0) is 0 Å². The molecule has 1 aromatic heterocycles. The molecule has 0 spiro atoms. The summed E-state index contributed by atoms with van der Waals surface area (Å²) in [5, 5.41) is 1.14. The first kappa shape index (κ1) is 16.4. The van der Waals surface area contributed by atoms with E-state index in [0.29, 0.717) is 10.4 Å². The Bertz CT molecular complexity index is 1130. The van der Waals surface area contributed by atoms with Crippen LogP contribution in [0.4, 0.5) is 0 Å². The number of hydrogen-bond acceptors (Lipinski definition) is 2. The molecule has 0 amide bonds. The van der Waals surface area contributed by atoms with Crippen molar-refractivity contribution in [2.75, 3.05) is 7.11 Å². The van der Waals surface area contributed by atoms with Gasteiger partial charge in [-0.1, -0.05) is 41.9 Å². The van der Waals surface area contributed by atoms with Crippen LogP contribution < -0.4 is 10.2 Å². The van der Waals surface area contributed by atoms with Gasteiger partial charge in [-0.25, -0.2) is 0 Å². The van der Waals surface area contributed by atoms with E-state index in [0.717, 1.165) is 28.2 Å². The smallest absolute Gasteiger partial charge is 0.190 e. The van der Waals surface area contributed by atoms with Gasteiger partial charge in [0.2, 0.25) is 0 Å². The van der Waals surface area contributed by atoms with Crippen LogP contribution in [0.25, 0.3) is 27.8 Å². The second-order valence-electron chi connectivity index (χ2n) is 5.95. The van der Waals surface area contributed by atoms with Crippen molar-refractivity contribution in [1.29, 1.82) is 0 Å². The minimum Gasteiger partial charge on any atom is -0.497 e. The maximum atomic E-state index is 12.7. The summed E-state index contributed by atoms with van der Waals surface area (Å²) in [4.78, 5) is 12.7. The van der Waals surface area contributed by atoms with E-state index < -0.39 is 0 Å². The maximum absolute atomic E-state index is 12.7. The number of ether oxygens (including phenoxy) is 1. The van der Waals surface area contributed by atoms with Gasteiger partial charge in [-0.15, -0.1) is 0 Å². The third-order valence-electron chi connectivity index (χ3n) is 4.37. The Morgan fingerprint density at radius 3 is 2.31 bits per heavy atom. The molecule has 0 aliphatic heterocycles. The van der Waals surface area contributed by atoms with Crippen LogP contribution in [0.5, 0.6) is 5.75 Å². The monoisotopic (exact) mass is 361 g/mol. The van der Waals surface area contributed by atoms with Crippen LogP contribution >= 0.6 is 11.6 Å². The molecular weight excluding hydrogens is 346 g/mol. The van der Waals surface area contributed by atoms with Gasteiger partial charge in [0.15, 0.2) is 5.43 Å². The highest BCUT2D eigenvalue weighted by Gasteiger charge is 2.13. The quantitative estimate of drug-likeness (QED) is 0.494. The Morgan fingerprint density at radius 2 is 1.62 bits per heavy atom. The van der Waals surface area contributed by atoms with E-state index in [4.69, 9.17) is 16.3 Å². The third kappa shape index (κ3) is 2.87. The lowest BCUT2D eigenvalue weighted by Gasteiger charge is -2.18. The molecule has 0 radical (unpaired) electrons. The zero-order valence-corrected chi connectivity index (χ0v) is 14.9. The lowest BCUT2D eigenvalue weighted by atomic mass is 10.1. The van der Waals surface area contributed by atoms with Crippen LogP contribution in [0.1, 0.15) is 0 Å². The van der Waals surface area contributed by atoms with Crippen molar-refractivity contribution in [3.8, 4) is 22.7 Å². The fourth-order valence-corrected chi connectivity index (χ4v) is 3.30. The van der Waals surface area contributed by atoms with Crippen molar-refractivity contribution in [1.82, 2.24) is 4.57 Å². The topological polar surface area (TPSA) is 31.2 Å². The molecule has 1 heterocycles. The van der Waals surface area contributed by atoms with Gasteiger partial charge in [0.1, 0.15) is 5.75 Å². The number of halogens is 1. The number of rotatable bonds is 3. The van der Waals surface area contributed by atoms with E-state index in [-0.39, 0.29) is 5.43 Å². The van der Waals surface area contributed by atoms with E-state index in [1.165, 1.54) is 0 Å². The van der Waals surface area contributed by atoms with E-state index in [1.54, 1.807) is 25.3 Å². The molecule has 0 aliphatic rings. The standard InChI is InChI=1S/C22H16ClNO2/c1-26-18-10-8-17(9-11-18)24-20-12-7-16(23)13-19(20)22(25)14-21(24)15-5-3-2-4-6-15/h2-14H,1H3. The summed E-state index contributed by atoms with van der Waals surface area (Å²) >= 11 is 6.12. The molecule has 0 N–H and O–H groups in total. The SMILES string of the molecule is COc1ccc(-n2c(-c3ccccc3)cc(=O)c3cc(Cl)ccc32)cc1. The molecule has 0 atom stereocenters. The number of pyridine rings is 1.